The van der Waals surface area contributed by atoms with E-state index in [9.17, 15) is 14.0 Å². The average Bonchev–Trinajstić information content (AvgIpc) is 3.27. The van der Waals surface area contributed by atoms with Crippen LogP contribution >= 0.6 is 11.8 Å². The topological polar surface area (TPSA) is 93.1 Å². The highest BCUT2D eigenvalue weighted by atomic mass is 32.2. The van der Waals surface area contributed by atoms with Gasteiger partial charge < -0.3 is 9.64 Å². The van der Waals surface area contributed by atoms with Crippen LogP contribution < -0.4 is 15.2 Å². The molecule has 1 N–H and O–H groups in total. The predicted octanol–water partition coefficient (Wildman–Crippen LogP) is 3.40. The minimum Gasteiger partial charge on any atom is -0.494 e. The maximum atomic E-state index is 13.2. The van der Waals surface area contributed by atoms with Gasteiger partial charge >= 0.3 is 0 Å². The molecular formula is C22H20FN5O3S. The SMILES string of the molecule is CCOc1ccc(-n2c(SCC(=O)N(C)c3ccc(F)cc3)nc3[nH]ncc3c2=O)cc1. The molecule has 0 radical (unpaired) electrons. The van der Waals surface area contributed by atoms with E-state index >= 15 is 0 Å². The molecule has 10 heteroatoms. The lowest BCUT2D eigenvalue weighted by molar-refractivity contribution is -0.115. The number of H-pyrrole nitrogens is 1. The third-order valence-corrected chi connectivity index (χ3v) is 5.69. The standard InChI is InChI=1S/C22H20FN5O3S/c1-3-31-17-10-8-16(9-11-17)28-21(30)18-12-24-26-20(18)25-22(28)32-13-19(29)27(2)15-6-4-14(23)5-7-15/h4-12H,3,13H2,1-2H3,(H,24,26). The Morgan fingerprint density at radius 2 is 1.91 bits per heavy atom. The molecular weight excluding hydrogens is 433 g/mol. The van der Waals surface area contributed by atoms with E-state index in [1.165, 1.54) is 39.9 Å². The molecule has 0 bridgehead atoms. The number of nitrogens with one attached hydrogen (secondary N) is 1. The second-order valence-corrected chi connectivity index (χ2v) is 7.75. The molecule has 2 aromatic carbocycles. The number of hydrogen-bond donors (Lipinski definition) is 1. The first-order chi connectivity index (χ1) is 15.5. The van der Waals surface area contributed by atoms with Crippen LogP contribution in [0.4, 0.5) is 10.1 Å². The fraction of sp³-hybridized carbons (Fsp3) is 0.182. The number of aromatic amines is 1. The van der Waals surface area contributed by atoms with Gasteiger partial charge in [0.2, 0.25) is 5.91 Å². The number of anilines is 1. The van der Waals surface area contributed by atoms with Crippen LogP contribution in [0.1, 0.15) is 6.92 Å². The van der Waals surface area contributed by atoms with Crippen molar-refractivity contribution in [2.75, 3.05) is 24.3 Å². The van der Waals surface area contributed by atoms with Gasteiger partial charge in [-0.3, -0.25) is 19.3 Å². The lowest BCUT2D eigenvalue weighted by atomic mass is 10.3. The normalized spacial score (nSPS) is 11.0. The molecule has 8 nitrogen and oxygen atoms in total. The van der Waals surface area contributed by atoms with Crippen molar-refractivity contribution in [3.8, 4) is 11.4 Å². The maximum Gasteiger partial charge on any atom is 0.269 e. The van der Waals surface area contributed by atoms with E-state index in [-0.39, 0.29) is 23.0 Å². The summed E-state index contributed by atoms with van der Waals surface area (Å²) in [5, 5.41) is 7.31. The van der Waals surface area contributed by atoms with Crippen molar-refractivity contribution in [3.05, 3.63) is 70.9 Å². The number of ether oxygens (including phenoxy) is 1. The Morgan fingerprint density at radius 3 is 2.59 bits per heavy atom. The maximum absolute atomic E-state index is 13.2. The predicted molar refractivity (Wildman–Crippen MR) is 121 cm³/mol. The Labute approximate surface area is 187 Å². The zero-order chi connectivity index (χ0) is 22.7. The summed E-state index contributed by atoms with van der Waals surface area (Å²) in [6.45, 7) is 2.43. The second-order valence-electron chi connectivity index (χ2n) is 6.81. The molecule has 1 amide bonds. The molecule has 164 valence electrons. The molecule has 0 aliphatic heterocycles. The highest BCUT2D eigenvalue weighted by Gasteiger charge is 2.18. The zero-order valence-electron chi connectivity index (χ0n) is 17.4. The molecule has 0 saturated carbocycles. The van der Waals surface area contributed by atoms with Crippen LogP contribution in [0, 0.1) is 5.82 Å². The fourth-order valence-electron chi connectivity index (χ4n) is 3.09. The van der Waals surface area contributed by atoms with Crippen LogP contribution in [0.15, 0.2) is 64.7 Å². The van der Waals surface area contributed by atoms with Crippen LogP contribution in [0.5, 0.6) is 5.75 Å². The summed E-state index contributed by atoms with van der Waals surface area (Å²) in [5.74, 6) is 0.114. The summed E-state index contributed by atoms with van der Waals surface area (Å²) >= 11 is 1.13. The van der Waals surface area contributed by atoms with E-state index in [4.69, 9.17) is 4.74 Å². The first-order valence-corrected chi connectivity index (χ1v) is 10.8. The molecule has 0 aliphatic rings. The van der Waals surface area contributed by atoms with Crippen molar-refractivity contribution in [1.82, 2.24) is 19.7 Å². The lowest BCUT2D eigenvalue weighted by Crippen LogP contribution is -2.28. The van der Waals surface area contributed by atoms with E-state index in [1.54, 1.807) is 31.3 Å². The number of hydrogen-bond acceptors (Lipinski definition) is 6. The number of fused-ring (bicyclic) bond motifs is 1. The smallest absolute Gasteiger partial charge is 0.269 e. The molecule has 0 spiro atoms. The Hall–Kier alpha value is -3.66. The molecule has 2 aromatic heterocycles. The van der Waals surface area contributed by atoms with Gasteiger partial charge in [0.15, 0.2) is 10.8 Å². The van der Waals surface area contributed by atoms with Gasteiger partial charge in [-0.05, 0) is 55.5 Å². The summed E-state index contributed by atoms with van der Waals surface area (Å²) in [6, 6.07) is 12.7. The van der Waals surface area contributed by atoms with Gasteiger partial charge in [-0.2, -0.15) is 5.10 Å². The van der Waals surface area contributed by atoms with Crippen molar-refractivity contribution in [2.24, 2.45) is 0 Å². The van der Waals surface area contributed by atoms with Crippen LogP contribution in [-0.4, -0.2) is 45.1 Å². The molecule has 0 unspecified atom stereocenters. The van der Waals surface area contributed by atoms with Crippen LogP contribution in [0.25, 0.3) is 16.7 Å². The highest BCUT2D eigenvalue weighted by Crippen LogP contribution is 2.23. The van der Waals surface area contributed by atoms with Gasteiger partial charge in [0.05, 0.1) is 24.2 Å². The Morgan fingerprint density at radius 1 is 1.19 bits per heavy atom. The Bertz CT molecular complexity index is 1300. The summed E-state index contributed by atoms with van der Waals surface area (Å²) < 4.78 is 20.1. The van der Waals surface area contributed by atoms with Crippen molar-refractivity contribution in [3.63, 3.8) is 0 Å². The number of aromatic nitrogens is 4. The minimum atomic E-state index is -0.375. The number of carbonyl (C=O) groups excluding carboxylic acids is 1. The van der Waals surface area contributed by atoms with Crippen molar-refractivity contribution >= 4 is 34.4 Å². The third kappa shape index (κ3) is 4.35. The van der Waals surface area contributed by atoms with Gasteiger partial charge in [0.1, 0.15) is 17.0 Å². The summed E-state index contributed by atoms with van der Waals surface area (Å²) in [4.78, 5) is 31.8. The van der Waals surface area contributed by atoms with E-state index in [0.29, 0.717) is 39.9 Å². The number of thioether (sulfide) groups is 1. The van der Waals surface area contributed by atoms with Gasteiger partial charge in [0, 0.05) is 12.7 Å². The number of amides is 1. The quantitative estimate of drug-likeness (QED) is 0.341. The van der Waals surface area contributed by atoms with E-state index in [1.807, 2.05) is 6.92 Å². The number of rotatable bonds is 7. The molecule has 4 aromatic rings. The van der Waals surface area contributed by atoms with Crippen LogP contribution in [0.3, 0.4) is 0 Å². The Balaban J connectivity index is 1.64. The van der Waals surface area contributed by atoms with E-state index < -0.39 is 0 Å². The summed E-state index contributed by atoms with van der Waals surface area (Å²) in [5.41, 5.74) is 1.21. The zero-order valence-corrected chi connectivity index (χ0v) is 18.2. The average molecular weight is 453 g/mol. The van der Waals surface area contributed by atoms with Gasteiger partial charge in [0.25, 0.3) is 5.56 Å². The Kier molecular flexibility index (Phi) is 6.22. The molecule has 0 atom stereocenters. The lowest BCUT2D eigenvalue weighted by Gasteiger charge is -2.18. The molecule has 32 heavy (non-hydrogen) atoms. The van der Waals surface area contributed by atoms with Crippen molar-refractivity contribution in [2.45, 2.75) is 12.1 Å². The third-order valence-electron chi connectivity index (χ3n) is 4.77. The van der Waals surface area contributed by atoms with Gasteiger partial charge in [-0.1, -0.05) is 11.8 Å². The summed E-state index contributed by atoms with van der Waals surface area (Å²) in [7, 11) is 1.61. The summed E-state index contributed by atoms with van der Waals surface area (Å²) in [6.07, 6.45) is 1.43. The molecule has 4 rings (SSSR count). The van der Waals surface area contributed by atoms with Gasteiger partial charge in [-0.25, -0.2) is 9.37 Å². The monoisotopic (exact) mass is 453 g/mol. The van der Waals surface area contributed by atoms with Crippen molar-refractivity contribution < 1.29 is 13.9 Å². The van der Waals surface area contributed by atoms with Crippen LogP contribution in [-0.2, 0) is 4.79 Å². The molecule has 0 fully saturated rings. The number of benzene rings is 2. The van der Waals surface area contributed by atoms with Gasteiger partial charge in [-0.15, -0.1) is 0 Å². The first-order valence-electron chi connectivity index (χ1n) is 9.82. The largest absolute Gasteiger partial charge is 0.494 e. The van der Waals surface area contributed by atoms with Crippen LogP contribution in [0.2, 0.25) is 0 Å². The first kappa shape index (κ1) is 21.6. The molecule has 0 saturated heterocycles. The highest BCUT2D eigenvalue weighted by molar-refractivity contribution is 7.99. The van der Waals surface area contributed by atoms with E-state index in [0.717, 1.165) is 11.8 Å². The molecule has 0 aliphatic carbocycles. The fourth-order valence-corrected chi connectivity index (χ4v) is 4.01. The number of halogens is 1. The molecule has 2 heterocycles. The second kappa shape index (κ2) is 9.23. The van der Waals surface area contributed by atoms with E-state index in [2.05, 4.69) is 15.2 Å². The van der Waals surface area contributed by atoms with Crippen molar-refractivity contribution in [1.29, 1.82) is 0 Å². The number of carbonyl (C=O) groups is 1. The number of nitrogens with zero attached hydrogens (tertiary/aromatic N) is 4. The minimum absolute atomic E-state index is 0.0248.